The summed E-state index contributed by atoms with van der Waals surface area (Å²) in [5.74, 6) is -0.257. The van der Waals surface area contributed by atoms with Crippen LogP contribution in [0.5, 0.6) is 0 Å². The van der Waals surface area contributed by atoms with Gasteiger partial charge in [0.05, 0.1) is 11.4 Å². The highest BCUT2D eigenvalue weighted by Gasteiger charge is 2.32. The van der Waals surface area contributed by atoms with Crippen molar-refractivity contribution in [3.05, 3.63) is 77.6 Å². The summed E-state index contributed by atoms with van der Waals surface area (Å²) in [6, 6.07) is 15.1. The summed E-state index contributed by atoms with van der Waals surface area (Å²) in [5.41, 5.74) is 4.21. The Morgan fingerprint density at radius 2 is 1.85 bits per heavy atom. The number of aromatic nitrogens is 2. The second-order valence-electron chi connectivity index (χ2n) is 8.86. The summed E-state index contributed by atoms with van der Waals surface area (Å²) >= 11 is 0. The summed E-state index contributed by atoms with van der Waals surface area (Å²) in [4.78, 5) is 13.2. The number of anilines is 1. The Morgan fingerprint density at radius 3 is 2.64 bits per heavy atom. The van der Waals surface area contributed by atoms with Gasteiger partial charge in [0.25, 0.3) is 0 Å². The zero-order chi connectivity index (χ0) is 22.8. The smallest absolute Gasteiger partial charge is 0.243 e. The Hall–Kier alpha value is -2.97. The Morgan fingerprint density at radius 1 is 1.03 bits per heavy atom. The number of benzene rings is 2. The largest absolute Gasteiger partial charge is 0.326 e. The van der Waals surface area contributed by atoms with Crippen LogP contribution in [-0.4, -0.2) is 41.5 Å². The molecule has 1 saturated heterocycles. The average molecular weight is 465 g/mol. The van der Waals surface area contributed by atoms with Crippen LogP contribution in [0.2, 0.25) is 0 Å². The Balaban J connectivity index is 1.19. The monoisotopic (exact) mass is 464 g/mol. The van der Waals surface area contributed by atoms with E-state index in [1.807, 2.05) is 53.3 Å². The van der Waals surface area contributed by atoms with Gasteiger partial charge in [-0.1, -0.05) is 18.2 Å². The minimum Gasteiger partial charge on any atom is -0.326 e. The molecule has 7 nitrogen and oxygen atoms in total. The first-order valence-corrected chi connectivity index (χ1v) is 12.9. The quantitative estimate of drug-likeness (QED) is 0.606. The number of piperidine rings is 1. The first kappa shape index (κ1) is 21.9. The molecule has 0 unspecified atom stereocenters. The fraction of sp³-hybridized carbons (Fsp3) is 0.360. The standard InChI is InChI=1S/C25H28N4O3S/c30-25(27-23-7-1-4-19(16-23)18-28-13-3-12-26-28)21-10-14-29(15-11-21)33(31,32)24-9-8-20-5-2-6-22(20)17-24/h1,3-4,7-9,12-13,16-17,21H,2,5-6,10-11,14-15,18H2,(H,27,30). The molecule has 0 atom stereocenters. The third-order valence-corrected chi connectivity index (χ3v) is 8.53. The number of fused-ring (bicyclic) bond motifs is 1. The molecule has 1 N–H and O–H groups in total. The highest BCUT2D eigenvalue weighted by Crippen LogP contribution is 2.29. The summed E-state index contributed by atoms with van der Waals surface area (Å²) in [6.45, 7) is 1.35. The lowest BCUT2D eigenvalue weighted by atomic mass is 9.97. The molecular weight excluding hydrogens is 436 g/mol. The van der Waals surface area contributed by atoms with Gasteiger partial charge >= 0.3 is 0 Å². The normalized spacial score (nSPS) is 17.1. The minimum absolute atomic E-state index is 0.0548. The molecule has 2 aliphatic rings. The minimum atomic E-state index is -3.53. The fourth-order valence-corrected chi connectivity index (χ4v) is 6.31. The highest BCUT2D eigenvalue weighted by atomic mass is 32.2. The molecule has 1 fully saturated rings. The number of nitrogens with zero attached hydrogens (tertiary/aromatic N) is 3. The lowest BCUT2D eigenvalue weighted by Crippen LogP contribution is -2.41. The molecule has 172 valence electrons. The number of nitrogens with one attached hydrogen (secondary N) is 1. The van der Waals surface area contributed by atoms with E-state index in [4.69, 9.17) is 0 Å². The van der Waals surface area contributed by atoms with Crippen LogP contribution < -0.4 is 5.32 Å². The van der Waals surface area contributed by atoms with E-state index in [-0.39, 0.29) is 11.8 Å². The molecule has 0 saturated carbocycles. The van der Waals surface area contributed by atoms with Crippen molar-refractivity contribution in [1.29, 1.82) is 0 Å². The van der Waals surface area contributed by atoms with Crippen molar-refractivity contribution < 1.29 is 13.2 Å². The van der Waals surface area contributed by atoms with Gasteiger partial charge in [-0.25, -0.2) is 8.42 Å². The summed E-state index contributed by atoms with van der Waals surface area (Å²) in [6.07, 6.45) is 7.74. The molecule has 5 rings (SSSR count). The third-order valence-electron chi connectivity index (χ3n) is 6.63. The number of carbonyl (C=O) groups excluding carboxylic acids is 1. The maximum Gasteiger partial charge on any atom is 0.243 e. The molecule has 33 heavy (non-hydrogen) atoms. The Bertz CT molecular complexity index is 1250. The molecule has 0 radical (unpaired) electrons. The van der Waals surface area contributed by atoms with Crippen LogP contribution >= 0.6 is 0 Å². The van der Waals surface area contributed by atoms with Crippen LogP contribution in [0.1, 0.15) is 36.0 Å². The van der Waals surface area contributed by atoms with Crippen LogP contribution in [0.3, 0.4) is 0 Å². The van der Waals surface area contributed by atoms with Crippen molar-refractivity contribution in [3.8, 4) is 0 Å². The molecular formula is C25H28N4O3S. The SMILES string of the molecule is O=C(Nc1cccc(Cn2cccn2)c1)C1CCN(S(=O)(=O)c2ccc3c(c2)CCC3)CC1. The number of carbonyl (C=O) groups is 1. The van der Waals surface area contributed by atoms with Crippen molar-refractivity contribution in [2.45, 2.75) is 43.5 Å². The molecule has 1 amide bonds. The maximum absolute atomic E-state index is 13.1. The van der Waals surface area contributed by atoms with Crippen LogP contribution in [0.25, 0.3) is 0 Å². The topological polar surface area (TPSA) is 84.3 Å². The Kier molecular flexibility index (Phi) is 6.03. The fourth-order valence-electron chi connectivity index (χ4n) is 4.79. The molecule has 1 aromatic heterocycles. The first-order chi connectivity index (χ1) is 16.0. The number of amides is 1. The number of hydrogen-bond acceptors (Lipinski definition) is 4. The predicted octanol–water partition coefficient (Wildman–Crippen LogP) is 3.46. The molecule has 3 aromatic rings. The van der Waals surface area contributed by atoms with Gasteiger partial charge < -0.3 is 5.32 Å². The molecule has 1 aliphatic heterocycles. The van der Waals surface area contributed by atoms with Gasteiger partial charge in [0.2, 0.25) is 15.9 Å². The van der Waals surface area contributed by atoms with E-state index in [1.165, 1.54) is 9.87 Å². The number of aryl methyl sites for hydroxylation is 2. The van der Waals surface area contributed by atoms with Gasteiger partial charge in [-0.3, -0.25) is 9.48 Å². The first-order valence-electron chi connectivity index (χ1n) is 11.5. The third kappa shape index (κ3) is 4.72. The van der Waals surface area contributed by atoms with E-state index in [2.05, 4.69) is 10.4 Å². The molecule has 2 heterocycles. The van der Waals surface area contributed by atoms with E-state index in [0.29, 0.717) is 37.4 Å². The van der Waals surface area contributed by atoms with E-state index in [9.17, 15) is 13.2 Å². The molecule has 2 aromatic carbocycles. The maximum atomic E-state index is 13.1. The Labute approximate surface area is 194 Å². The van der Waals surface area contributed by atoms with Crippen molar-refractivity contribution >= 4 is 21.6 Å². The summed E-state index contributed by atoms with van der Waals surface area (Å²) in [7, 11) is -3.53. The number of sulfonamides is 1. The van der Waals surface area contributed by atoms with Crippen LogP contribution in [-0.2, 0) is 34.2 Å². The lowest BCUT2D eigenvalue weighted by Gasteiger charge is -2.30. The lowest BCUT2D eigenvalue weighted by molar-refractivity contribution is -0.120. The average Bonchev–Trinajstić information content (AvgIpc) is 3.51. The molecule has 0 bridgehead atoms. The number of hydrogen-bond donors (Lipinski definition) is 1. The van der Waals surface area contributed by atoms with Gasteiger partial charge in [0.1, 0.15) is 0 Å². The second-order valence-corrected chi connectivity index (χ2v) is 10.8. The van der Waals surface area contributed by atoms with Gasteiger partial charge in [0.15, 0.2) is 0 Å². The second kappa shape index (κ2) is 9.11. The molecule has 0 spiro atoms. The van der Waals surface area contributed by atoms with Gasteiger partial charge in [-0.05, 0) is 79.1 Å². The molecule has 1 aliphatic carbocycles. The summed E-state index contributed by atoms with van der Waals surface area (Å²) < 4.78 is 29.6. The van der Waals surface area contributed by atoms with Crippen LogP contribution in [0, 0.1) is 5.92 Å². The number of rotatable bonds is 6. The van der Waals surface area contributed by atoms with Crippen molar-refractivity contribution in [2.24, 2.45) is 5.92 Å². The van der Waals surface area contributed by atoms with E-state index >= 15 is 0 Å². The van der Waals surface area contributed by atoms with Gasteiger partial charge in [-0.2, -0.15) is 9.40 Å². The van der Waals surface area contributed by atoms with Crippen molar-refractivity contribution in [3.63, 3.8) is 0 Å². The van der Waals surface area contributed by atoms with Gasteiger partial charge in [-0.15, -0.1) is 0 Å². The van der Waals surface area contributed by atoms with E-state index in [1.54, 1.807) is 12.3 Å². The zero-order valence-corrected chi connectivity index (χ0v) is 19.3. The van der Waals surface area contributed by atoms with E-state index in [0.717, 1.165) is 36.1 Å². The van der Waals surface area contributed by atoms with Crippen molar-refractivity contribution in [1.82, 2.24) is 14.1 Å². The van der Waals surface area contributed by atoms with Crippen LogP contribution in [0.4, 0.5) is 5.69 Å². The zero-order valence-electron chi connectivity index (χ0n) is 18.5. The highest BCUT2D eigenvalue weighted by molar-refractivity contribution is 7.89. The van der Waals surface area contributed by atoms with Gasteiger partial charge in [0, 0.05) is 37.1 Å². The molecule has 8 heteroatoms. The van der Waals surface area contributed by atoms with Crippen molar-refractivity contribution in [2.75, 3.05) is 18.4 Å². The van der Waals surface area contributed by atoms with E-state index < -0.39 is 10.0 Å². The van der Waals surface area contributed by atoms with Crippen LogP contribution in [0.15, 0.2) is 65.8 Å². The summed E-state index contributed by atoms with van der Waals surface area (Å²) in [5, 5.41) is 7.23. The predicted molar refractivity (Wildman–Crippen MR) is 126 cm³/mol.